The van der Waals surface area contributed by atoms with Gasteiger partial charge >= 0.3 is 12.1 Å². The molecule has 4 rings (SSSR count). The van der Waals surface area contributed by atoms with Gasteiger partial charge in [0.2, 0.25) is 11.9 Å². The number of aromatic amines is 1. The number of carbonyl (C=O) groups is 1. The summed E-state index contributed by atoms with van der Waals surface area (Å²) in [5.41, 5.74) is -0.299. The molecule has 2 aromatic heterocycles. The first-order valence-corrected chi connectivity index (χ1v) is 9.18. The largest absolute Gasteiger partial charge is 0.493 e. The summed E-state index contributed by atoms with van der Waals surface area (Å²) in [6.07, 6.45) is -5.21. The molecule has 9 nitrogen and oxygen atoms in total. The highest BCUT2D eigenvalue weighted by atomic mass is 19.4. The van der Waals surface area contributed by atoms with Crippen molar-refractivity contribution < 1.29 is 31.8 Å². The molecular formula is C20H13F4N5O4. The van der Waals surface area contributed by atoms with Gasteiger partial charge in [-0.3, -0.25) is 15.1 Å². The number of nitrogens with zero attached hydrogens (tertiary/aromatic N) is 3. The van der Waals surface area contributed by atoms with Gasteiger partial charge < -0.3 is 9.47 Å². The maximum Gasteiger partial charge on any atom is 0.491 e. The fourth-order valence-electron chi connectivity index (χ4n) is 3.03. The third-order valence-electron chi connectivity index (χ3n) is 4.52. The molecule has 0 saturated heterocycles. The van der Waals surface area contributed by atoms with Crippen LogP contribution in [0.15, 0.2) is 35.1 Å². The van der Waals surface area contributed by atoms with Crippen LogP contribution in [0.4, 0.5) is 29.5 Å². The van der Waals surface area contributed by atoms with Crippen LogP contribution in [0.2, 0.25) is 0 Å². The van der Waals surface area contributed by atoms with E-state index in [1.807, 2.05) is 0 Å². The number of nitrogens with one attached hydrogen (secondary N) is 2. The van der Waals surface area contributed by atoms with Crippen LogP contribution in [0.25, 0.3) is 21.8 Å². The standard InChI is InChI=1S/C20H13F4N5O4/c1-8-10-6-13(32-2)14(33-17(31)20(22,23)24)7-12(10)26-18(25-8)29-19-27-15-9(16(30)28-19)4-3-5-11(15)21/h3-7H,1-2H3,(H2,25,26,27,28,29,30). The number of alkyl halides is 3. The highest BCUT2D eigenvalue weighted by Gasteiger charge is 2.42. The van der Waals surface area contributed by atoms with E-state index in [9.17, 15) is 27.2 Å². The molecular weight excluding hydrogens is 450 g/mol. The van der Waals surface area contributed by atoms with Gasteiger partial charge in [-0.1, -0.05) is 6.07 Å². The first-order valence-electron chi connectivity index (χ1n) is 9.18. The SMILES string of the molecule is COc1cc2c(C)nc(Nc3nc4c(F)cccc4c(=O)[nH]3)nc2cc1OC(=O)C(F)(F)F. The van der Waals surface area contributed by atoms with E-state index in [1.54, 1.807) is 6.92 Å². The Balaban J connectivity index is 1.77. The van der Waals surface area contributed by atoms with E-state index in [1.165, 1.54) is 25.3 Å². The number of hydrogen-bond acceptors (Lipinski definition) is 8. The molecule has 0 saturated carbocycles. The highest BCUT2D eigenvalue weighted by molar-refractivity contribution is 5.88. The number of benzene rings is 2. The van der Waals surface area contributed by atoms with Crippen molar-refractivity contribution in [3.8, 4) is 11.5 Å². The molecule has 2 heterocycles. The summed E-state index contributed by atoms with van der Waals surface area (Å²) >= 11 is 0. The van der Waals surface area contributed by atoms with Gasteiger partial charge in [0.15, 0.2) is 11.5 Å². The summed E-state index contributed by atoms with van der Waals surface area (Å²) in [7, 11) is 1.19. The van der Waals surface area contributed by atoms with E-state index >= 15 is 0 Å². The second-order valence-corrected chi connectivity index (χ2v) is 6.72. The van der Waals surface area contributed by atoms with Crippen LogP contribution in [0.1, 0.15) is 5.69 Å². The van der Waals surface area contributed by atoms with Crippen molar-refractivity contribution in [1.29, 1.82) is 0 Å². The average Bonchev–Trinajstić information content (AvgIpc) is 2.73. The lowest BCUT2D eigenvalue weighted by Crippen LogP contribution is -2.28. The van der Waals surface area contributed by atoms with Gasteiger partial charge in [0, 0.05) is 11.5 Å². The third-order valence-corrected chi connectivity index (χ3v) is 4.52. The molecule has 0 atom stereocenters. The first-order chi connectivity index (χ1) is 15.6. The number of H-pyrrole nitrogens is 1. The molecule has 4 aromatic rings. The lowest BCUT2D eigenvalue weighted by molar-refractivity contribution is -0.189. The third kappa shape index (κ3) is 4.24. The molecule has 0 spiro atoms. The monoisotopic (exact) mass is 463 g/mol. The molecule has 0 aliphatic carbocycles. The summed E-state index contributed by atoms with van der Waals surface area (Å²) in [5.74, 6) is -4.03. The Morgan fingerprint density at radius 2 is 1.85 bits per heavy atom. The predicted octanol–water partition coefficient (Wildman–Crippen LogP) is 3.53. The van der Waals surface area contributed by atoms with E-state index in [-0.39, 0.29) is 34.1 Å². The Hall–Kier alpha value is -4.29. The molecule has 0 unspecified atom stereocenters. The lowest BCUT2D eigenvalue weighted by Gasteiger charge is -2.13. The number of anilines is 2. The Kier molecular flexibility index (Phi) is 5.31. The van der Waals surface area contributed by atoms with Crippen LogP contribution >= 0.6 is 0 Å². The maximum atomic E-state index is 14.1. The molecule has 0 bridgehead atoms. The van der Waals surface area contributed by atoms with Crippen LogP contribution < -0.4 is 20.3 Å². The number of carbonyl (C=O) groups excluding carboxylic acids is 1. The van der Waals surface area contributed by atoms with Gasteiger partial charge in [-0.05, 0) is 25.1 Å². The van der Waals surface area contributed by atoms with Crippen molar-refractivity contribution in [3.05, 3.63) is 52.2 Å². The molecule has 0 amide bonds. The lowest BCUT2D eigenvalue weighted by atomic mass is 10.1. The van der Waals surface area contributed by atoms with Crippen LogP contribution in [-0.4, -0.2) is 39.2 Å². The van der Waals surface area contributed by atoms with Crippen molar-refractivity contribution in [3.63, 3.8) is 0 Å². The zero-order valence-electron chi connectivity index (χ0n) is 16.9. The van der Waals surface area contributed by atoms with Crippen LogP contribution in [0, 0.1) is 12.7 Å². The number of hydrogen-bond donors (Lipinski definition) is 2. The molecule has 0 aliphatic rings. The van der Waals surface area contributed by atoms with Crippen LogP contribution in [0.3, 0.4) is 0 Å². The molecule has 2 aromatic carbocycles. The topological polar surface area (TPSA) is 119 Å². The van der Waals surface area contributed by atoms with E-state index in [0.29, 0.717) is 11.1 Å². The highest BCUT2D eigenvalue weighted by Crippen LogP contribution is 2.34. The fourth-order valence-corrected chi connectivity index (χ4v) is 3.03. The zero-order chi connectivity index (χ0) is 23.9. The van der Waals surface area contributed by atoms with Crippen molar-refractivity contribution >= 4 is 39.7 Å². The van der Waals surface area contributed by atoms with Gasteiger partial charge in [-0.2, -0.15) is 13.2 Å². The molecule has 2 N–H and O–H groups in total. The number of para-hydroxylation sites is 1. The molecule has 170 valence electrons. The smallest absolute Gasteiger partial charge is 0.491 e. The molecule has 33 heavy (non-hydrogen) atoms. The number of ether oxygens (including phenoxy) is 2. The summed E-state index contributed by atoms with van der Waals surface area (Å²) in [4.78, 5) is 38.3. The number of aromatic nitrogens is 4. The van der Waals surface area contributed by atoms with Crippen molar-refractivity contribution in [1.82, 2.24) is 19.9 Å². The summed E-state index contributed by atoms with van der Waals surface area (Å²) in [6, 6.07) is 6.32. The molecule has 0 radical (unpaired) electrons. The number of fused-ring (bicyclic) bond motifs is 2. The van der Waals surface area contributed by atoms with Gasteiger partial charge in [0.1, 0.15) is 11.3 Å². The predicted molar refractivity (Wildman–Crippen MR) is 108 cm³/mol. The summed E-state index contributed by atoms with van der Waals surface area (Å²) in [5, 5.41) is 3.08. The minimum atomic E-state index is -5.21. The van der Waals surface area contributed by atoms with E-state index in [4.69, 9.17) is 4.74 Å². The first kappa shape index (κ1) is 21.9. The van der Waals surface area contributed by atoms with Crippen molar-refractivity contribution in [2.45, 2.75) is 13.1 Å². The Labute approximate surface area is 181 Å². The number of rotatable bonds is 4. The van der Waals surface area contributed by atoms with Gasteiger partial charge in [0.05, 0.1) is 23.7 Å². The zero-order valence-corrected chi connectivity index (χ0v) is 16.9. The average molecular weight is 463 g/mol. The van der Waals surface area contributed by atoms with Gasteiger partial charge in [-0.15, -0.1) is 0 Å². The second-order valence-electron chi connectivity index (χ2n) is 6.72. The van der Waals surface area contributed by atoms with Crippen molar-refractivity contribution in [2.75, 3.05) is 12.4 Å². The molecule has 0 aliphatic heterocycles. The van der Waals surface area contributed by atoms with E-state index < -0.39 is 29.3 Å². The van der Waals surface area contributed by atoms with Crippen LogP contribution in [-0.2, 0) is 4.79 Å². The van der Waals surface area contributed by atoms with E-state index in [2.05, 4.69) is 30.0 Å². The number of esters is 1. The van der Waals surface area contributed by atoms with Gasteiger partial charge in [0.25, 0.3) is 5.56 Å². The minimum Gasteiger partial charge on any atom is -0.493 e. The number of halogens is 4. The van der Waals surface area contributed by atoms with Crippen LogP contribution in [0.5, 0.6) is 11.5 Å². The number of methoxy groups -OCH3 is 1. The Morgan fingerprint density at radius 1 is 1.09 bits per heavy atom. The van der Waals surface area contributed by atoms with Crippen molar-refractivity contribution in [2.24, 2.45) is 0 Å². The molecule has 0 fully saturated rings. The number of aryl methyl sites for hydroxylation is 1. The quantitative estimate of drug-likeness (QED) is 0.268. The second kappa shape index (κ2) is 8.00. The molecule has 13 heteroatoms. The fraction of sp³-hybridized carbons (Fsp3) is 0.150. The Bertz CT molecular complexity index is 1470. The minimum absolute atomic E-state index is 0.0411. The maximum absolute atomic E-state index is 14.1. The normalized spacial score (nSPS) is 11.6. The van der Waals surface area contributed by atoms with Gasteiger partial charge in [-0.25, -0.2) is 24.1 Å². The summed E-state index contributed by atoms with van der Waals surface area (Å²) in [6.45, 7) is 1.59. The Morgan fingerprint density at radius 3 is 2.55 bits per heavy atom. The summed E-state index contributed by atoms with van der Waals surface area (Å²) < 4.78 is 61.3. The van der Waals surface area contributed by atoms with E-state index in [0.717, 1.165) is 12.1 Å².